The maximum atomic E-state index is 3.41. The van der Waals surface area contributed by atoms with Crippen molar-refractivity contribution in [1.29, 1.82) is 0 Å². The zero-order valence-electron chi connectivity index (χ0n) is 8.97. The van der Waals surface area contributed by atoms with Crippen LogP contribution >= 0.6 is 0 Å². The molecule has 0 saturated carbocycles. The maximum Gasteiger partial charge on any atom is 0.0150 e. The van der Waals surface area contributed by atoms with Gasteiger partial charge in [-0.05, 0) is 36.8 Å². The third kappa shape index (κ3) is 2.09. The third-order valence-electron chi connectivity index (χ3n) is 2.97. The lowest BCUT2D eigenvalue weighted by molar-refractivity contribution is 0.764. The Hall–Kier alpha value is -0.980. The third-order valence-corrected chi connectivity index (χ3v) is 2.97. The molecule has 0 spiro atoms. The minimum Gasteiger partial charge on any atom is -0.365 e. The maximum absolute atomic E-state index is 3.41. The molecular formula is C13H19N. The second-order valence-corrected chi connectivity index (χ2v) is 4.13. The average molecular weight is 189 g/mol. The Balaban J connectivity index is 2.11. The van der Waals surface area contributed by atoms with Gasteiger partial charge in [0, 0.05) is 18.3 Å². The standard InChI is InChI=1S/C13H19N/c1-2-3-6-12-10-14-13-8-5-4-7-11(12)9-13/h7-8,10,14H,2-6,9H2,1H3. The van der Waals surface area contributed by atoms with Crippen LogP contribution in [0.1, 0.15) is 45.4 Å². The highest BCUT2D eigenvalue weighted by Gasteiger charge is 2.14. The van der Waals surface area contributed by atoms with Crippen LogP contribution in [0, 0.1) is 0 Å². The Morgan fingerprint density at radius 3 is 3.00 bits per heavy atom. The zero-order valence-corrected chi connectivity index (χ0v) is 8.97. The van der Waals surface area contributed by atoms with E-state index in [0.717, 1.165) is 6.42 Å². The van der Waals surface area contributed by atoms with Crippen molar-refractivity contribution in [2.45, 2.75) is 45.4 Å². The van der Waals surface area contributed by atoms with Crippen LogP contribution in [-0.4, -0.2) is 0 Å². The molecule has 0 radical (unpaired) electrons. The minimum atomic E-state index is 1.13. The van der Waals surface area contributed by atoms with Crippen molar-refractivity contribution in [2.24, 2.45) is 0 Å². The van der Waals surface area contributed by atoms with Gasteiger partial charge >= 0.3 is 0 Å². The predicted molar refractivity (Wildman–Crippen MR) is 60.8 cm³/mol. The molecule has 14 heavy (non-hydrogen) atoms. The SMILES string of the molecule is CCCCC1=CNC2=CCCC=C1C2. The van der Waals surface area contributed by atoms with Gasteiger partial charge in [0.15, 0.2) is 0 Å². The van der Waals surface area contributed by atoms with Crippen molar-refractivity contribution in [3.8, 4) is 0 Å². The number of unbranched alkanes of at least 4 members (excludes halogenated alkanes) is 1. The molecule has 0 aromatic carbocycles. The van der Waals surface area contributed by atoms with Gasteiger partial charge < -0.3 is 5.32 Å². The highest BCUT2D eigenvalue weighted by Crippen LogP contribution is 2.29. The van der Waals surface area contributed by atoms with Crippen molar-refractivity contribution in [3.63, 3.8) is 0 Å². The highest BCUT2D eigenvalue weighted by atomic mass is 14.9. The Morgan fingerprint density at radius 1 is 1.29 bits per heavy atom. The molecule has 1 heterocycles. The fourth-order valence-electron chi connectivity index (χ4n) is 2.09. The number of fused-ring (bicyclic) bond motifs is 2. The van der Waals surface area contributed by atoms with Gasteiger partial charge in [0.2, 0.25) is 0 Å². The summed E-state index contributed by atoms with van der Waals surface area (Å²) in [5.41, 5.74) is 4.50. The molecule has 0 fully saturated rings. The van der Waals surface area contributed by atoms with Crippen LogP contribution in [0.15, 0.2) is 35.2 Å². The first-order valence-corrected chi connectivity index (χ1v) is 5.74. The van der Waals surface area contributed by atoms with E-state index in [1.165, 1.54) is 43.4 Å². The molecular weight excluding hydrogens is 170 g/mol. The van der Waals surface area contributed by atoms with E-state index in [2.05, 4.69) is 30.6 Å². The topological polar surface area (TPSA) is 12.0 Å². The van der Waals surface area contributed by atoms with E-state index in [0.29, 0.717) is 0 Å². The molecule has 2 rings (SSSR count). The summed E-state index contributed by atoms with van der Waals surface area (Å²) >= 11 is 0. The fraction of sp³-hybridized carbons (Fsp3) is 0.538. The molecule has 0 atom stereocenters. The first-order valence-electron chi connectivity index (χ1n) is 5.74. The lowest BCUT2D eigenvalue weighted by Crippen LogP contribution is -2.13. The van der Waals surface area contributed by atoms with Crippen LogP contribution in [0.25, 0.3) is 0 Å². The molecule has 2 aliphatic rings. The van der Waals surface area contributed by atoms with E-state index in [1.54, 1.807) is 5.57 Å². The molecule has 0 aromatic rings. The van der Waals surface area contributed by atoms with Crippen LogP contribution in [0.5, 0.6) is 0 Å². The lowest BCUT2D eigenvalue weighted by atomic mass is 9.95. The summed E-state index contributed by atoms with van der Waals surface area (Å²) in [6.07, 6.45) is 14.3. The van der Waals surface area contributed by atoms with E-state index in [1.807, 2.05) is 0 Å². The van der Waals surface area contributed by atoms with Gasteiger partial charge in [-0.2, -0.15) is 0 Å². The Morgan fingerprint density at radius 2 is 2.14 bits per heavy atom. The summed E-state index contributed by atoms with van der Waals surface area (Å²) in [6, 6.07) is 0. The van der Waals surface area contributed by atoms with Crippen LogP contribution in [0.4, 0.5) is 0 Å². The molecule has 1 aliphatic heterocycles. The fourth-order valence-corrected chi connectivity index (χ4v) is 2.09. The molecule has 1 nitrogen and oxygen atoms in total. The normalized spacial score (nSPS) is 20.2. The Bertz CT molecular complexity index is 294. The smallest absolute Gasteiger partial charge is 0.0150 e. The summed E-state index contributed by atoms with van der Waals surface area (Å²) < 4.78 is 0. The summed E-state index contributed by atoms with van der Waals surface area (Å²) in [5.74, 6) is 0. The largest absolute Gasteiger partial charge is 0.365 e. The van der Waals surface area contributed by atoms with Crippen molar-refractivity contribution in [1.82, 2.24) is 5.32 Å². The van der Waals surface area contributed by atoms with E-state index in [4.69, 9.17) is 0 Å². The first-order chi connectivity index (χ1) is 6.90. The summed E-state index contributed by atoms with van der Waals surface area (Å²) in [6.45, 7) is 2.25. The quantitative estimate of drug-likeness (QED) is 0.714. The van der Waals surface area contributed by atoms with Crippen LogP contribution in [0.3, 0.4) is 0 Å². The van der Waals surface area contributed by atoms with Gasteiger partial charge in [-0.25, -0.2) is 0 Å². The molecule has 0 unspecified atom stereocenters. The van der Waals surface area contributed by atoms with Crippen molar-refractivity contribution < 1.29 is 0 Å². The average Bonchev–Trinajstić information content (AvgIpc) is 2.40. The van der Waals surface area contributed by atoms with Gasteiger partial charge in [0.1, 0.15) is 0 Å². The van der Waals surface area contributed by atoms with Crippen LogP contribution in [0.2, 0.25) is 0 Å². The van der Waals surface area contributed by atoms with E-state index in [9.17, 15) is 0 Å². The predicted octanol–water partition coefficient (Wildman–Crippen LogP) is 3.66. The molecule has 1 aliphatic carbocycles. The number of allylic oxidation sites excluding steroid dienone is 4. The lowest BCUT2D eigenvalue weighted by Gasteiger charge is -2.19. The van der Waals surface area contributed by atoms with Gasteiger partial charge in [0.05, 0.1) is 0 Å². The minimum absolute atomic E-state index is 1.13. The van der Waals surface area contributed by atoms with Crippen LogP contribution < -0.4 is 5.32 Å². The summed E-state index contributed by atoms with van der Waals surface area (Å²) in [5, 5.41) is 3.41. The van der Waals surface area contributed by atoms with Crippen molar-refractivity contribution in [2.75, 3.05) is 0 Å². The summed E-state index contributed by atoms with van der Waals surface area (Å²) in [4.78, 5) is 0. The second kappa shape index (κ2) is 4.50. The number of nitrogens with one attached hydrogen (secondary N) is 1. The van der Waals surface area contributed by atoms with Crippen LogP contribution in [-0.2, 0) is 0 Å². The Labute approximate surface area is 86.6 Å². The molecule has 0 saturated heterocycles. The molecule has 2 bridgehead atoms. The summed E-state index contributed by atoms with van der Waals surface area (Å²) in [7, 11) is 0. The second-order valence-electron chi connectivity index (χ2n) is 4.13. The van der Waals surface area contributed by atoms with Gasteiger partial charge in [0.25, 0.3) is 0 Å². The first kappa shape index (κ1) is 9.57. The Kier molecular flexibility index (Phi) is 3.07. The number of rotatable bonds is 3. The monoisotopic (exact) mass is 189 g/mol. The highest BCUT2D eigenvalue weighted by molar-refractivity contribution is 5.39. The van der Waals surface area contributed by atoms with E-state index < -0.39 is 0 Å². The molecule has 1 N–H and O–H groups in total. The molecule has 1 heteroatoms. The zero-order chi connectivity index (χ0) is 9.80. The van der Waals surface area contributed by atoms with Crippen molar-refractivity contribution in [3.05, 3.63) is 35.2 Å². The van der Waals surface area contributed by atoms with Gasteiger partial charge in [-0.3, -0.25) is 0 Å². The van der Waals surface area contributed by atoms with Gasteiger partial charge in [-0.1, -0.05) is 25.5 Å². The molecule has 0 amide bonds. The number of hydrogen-bond acceptors (Lipinski definition) is 1. The van der Waals surface area contributed by atoms with E-state index >= 15 is 0 Å². The van der Waals surface area contributed by atoms with E-state index in [-0.39, 0.29) is 0 Å². The molecule has 0 aromatic heterocycles. The van der Waals surface area contributed by atoms with Gasteiger partial charge in [-0.15, -0.1) is 0 Å². The number of hydrogen-bond donors (Lipinski definition) is 1. The van der Waals surface area contributed by atoms with Crippen molar-refractivity contribution >= 4 is 0 Å². The molecule has 76 valence electrons.